The molecule has 1 aliphatic heterocycles. The van der Waals surface area contributed by atoms with Crippen molar-refractivity contribution in [3.05, 3.63) is 71.6 Å². The number of carbonyl (C=O) groups excluding carboxylic acids is 1. The van der Waals surface area contributed by atoms with E-state index in [9.17, 15) is 13.2 Å². The van der Waals surface area contributed by atoms with Crippen LogP contribution >= 0.6 is 11.6 Å². The van der Waals surface area contributed by atoms with E-state index in [1.807, 2.05) is 36.9 Å². The van der Waals surface area contributed by atoms with E-state index in [-0.39, 0.29) is 16.6 Å². The molecule has 4 rings (SSSR count). The number of anilines is 3. The van der Waals surface area contributed by atoms with Crippen LogP contribution in [-0.4, -0.2) is 68.5 Å². The molecule has 2 aromatic carbocycles. The zero-order valence-corrected chi connectivity index (χ0v) is 23.2. The standard InChI is InChI=1S/C27H33ClN6O3S/c1-3-32(23-8-10-24(11-9-23)38(36,37)31-26-13-14-29-20-30-26)16-17-33(4-2)27(35)19-34-15-5-6-21-18-22(28)7-12-25(21)34/h7-14,18,20H,3-6,15-17,19H2,1-2H3,(H,29,30,31). The molecule has 202 valence electrons. The lowest BCUT2D eigenvalue weighted by atomic mass is 10.0. The normalized spacial score (nSPS) is 13.1. The number of aryl methyl sites for hydroxylation is 1. The van der Waals surface area contributed by atoms with E-state index in [0.717, 1.165) is 42.3 Å². The molecule has 0 radical (unpaired) electrons. The summed E-state index contributed by atoms with van der Waals surface area (Å²) >= 11 is 6.17. The summed E-state index contributed by atoms with van der Waals surface area (Å²) < 4.78 is 27.8. The monoisotopic (exact) mass is 556 g/mol. The van der Waals surface area contributed by atoms with Gasteiger partial charge in [-0.1, -0.05) is 11.6 Å². The van der Waals surface area contributed by atoms with Gasteiger partial charge >= 0.3 is 0 Å². The molecule has 0 aliphatic carbocycles. The number of hydrogen-bond acceptors (Lipinski definition) is 7. The van der Waals surface area contributed by atoms with E-state index in [4.69, 9.17) is 11.6 Å². The maximum atomic E-state index is 13.2. The second kappa shape index (κ2) is 12.4. The smallest absolute Gasteiger partial charge is 0.263 e. The third kappa shape index (κ3) is 6.73. The number of benzene rings is 2. The molecule has 11 heteroatoms. The first kappa shape index (κ1) is 27.7. The van der Waals surface area contributed by atoms with Crippen molar-refractivity contribution in [1.29, 1.82) is 0 Å². The Morgan fingerprint density at radius 1 is 1.08 bits per heavy atom. The minimum absolute atomic E-state index is 0.0867. The molecule has 2 heterocycles. The van der Waals surface area contributed by atoms with E-state index >= 15 is 0 Å². The number of rotatable bonds is 11. The number of amides is 1. The summed E-state index contributed by atoms with van der Waals surface area (Å²) in [6, 6.07) is 14.1. The van der Waals surface area contributed by atoms with Crippen molar-refractivity contribution >= 4 is 44.7 Å². The Morgan fingerprint density at radius 2 is 1.87 bits per heavy atom. The van der Waals surface area contributed by atoms with Crippen LogP contribution in [0.25, 0.3) is 0 Å². The fourth-order valence-corrected chi connectivity index (χ4v) is 5.83. The molecule has 0 unspecified atom stereocenters. The second-order valence-electron chi connectivity index (χ2n) is 9.05. The molecule has 0 atom stereocenters. The first-order valence-corrected chi connectivity index (χ1v) is 14.6. The number of likely N-dealkylation sites (N-methyl/N-ethyl adjacent to an activating group) is 2. The molecule has 0 spiro atoms. The lowest BCUT2D eigenvalue weighted by Crippen LogP contribution is -2.45. The molecule has 0 saturated carbocycles. The highest BCUT2D eigenvalue weighted by Gasteiger charge is 2.22. The topological polar surface area (TPSA) is 98.7 Å². The van der Waals surface area contributed by atoms with Gasteiger partial charge in [0.25, 0.3) is 10.0 Å². The van der Waals surface area contributed by atoms with Gasteiger partial charge in [-0.2, -0.15) is 0 Å². The van der Waals surface area contributed by atoms with E-state index in [0.29, 0.717) is 26.2 Å². The number of halogens is 1. The van der Waals surface area contributed by atoms with Gasteiger partial charge in [0, 0.05) is 55.3 Å². The van der Waals surface area contributed by atoms with Crippen LogP contribution in [0.3, 0.4) is 0 Å². The lowest BCUT2D eigenvalue weighted by molar-refractivity contribution is -0.129. The summed E-state index contributed by atoms with van der Waals surface area (Å²) in [6.07, 6.45) is 4.72. The average Bonchev–Trinajstić information content (AvgIpc) is 2.91. The number of fused-ring (bicyclic) bond motifs is 1. The maximum Gasteiger partial charge on any atom is 0.263 e. The van der Waals surface area contributed by atoms with E-state index in [2.05, 4.69) is 24.5 Å². The summed E-state index contributed by atoms with van der Waals surface area (Å²) in [5, 5.41) is 0.722. The van der Waals surface area contributed by atoms with Crippen LogP contribution in [0.15, 0.2) is 66.0 Å². The number of carbonyl (C=O) groups is 1. The maximum absolute atomic E-state index is 13.2. The van der Waals surface area contributed by atoms with Crippen LogP contribution in [0.4, 0.5) is 17.2 Å². The second-order valence-corrected chi connectivity index (χ2v) is 11.2. The van der Waals surface area contributed by atoms with Gasteiger partial charge in [-0.3, -0.25) is 9.52 Å². The van der Waals surface area contributed by atoms with Gasteiger partial charge in [-0.25, -0.2) is 18.4 Å². The molecular weight excluding hydrogens is 524 g/mol. The largest absolute Gasteiger partial charge is 0.370 e. The van der Waals surface area contributed by atoms with Crippen molar-refractivity contribution in [1.82, 2.24) is 14.9 Å². The van der Waals surface area contributed by atoms with Crippen molar-refractivity contribution < 1.29 is 13.2 Å². The molecule has 0 fully saturated rings. The zero-order valence-electron chi connectivity index (χ0n) is 21.7. The highest BCUT2D eigenvalue weighted by Crippen LogP contribution is 2.29. The van der Waals surface area contributed by atoms with Gasteiger partial charge in [0.2, 0.25) is 5.91 Å². The highest BCUT2D eigenvalue weighted by atomic mass is 35.5. The molecular formula is C27H33ClN6O3S. The molecule has 9 nitrogen and oxygen atoms in total. The lowest BCUT2D eigenvalue weighted by Gasteiger charge is -2.33. The van der Waals surface area contributed by atoms with Crippen LogP contribution in [-0.2, 0) is 21.2 Å². The Hall–Kier alpha value is -3.37. The summed E-state index contributed by atoms with van der Waals surface area (Å²) in [4.78, 5) is 27.2. The SMILES string of the molecule is CCN(CCN(CC)c1ccc(S(=O)(=O)Nc2ccncn2)cc1)C(=O)CN1CCCc2cc(Cl)ccc21. The van der Waals surface area contributed by atoms with Crippen molar-refractivity contribution in [2.24, 2.45) is 0 Å². The van der Waals surface area contributed by atoms with Gasteiger partial charge in [-0.05, 0) is 80.8 Å². The molecule has 1 amide bonds. The van der Waals surface area contributed by atoms with Crippen molar-refractivity contribution in [3.8, 4) is 0 Å². The van der Waals surface area contributed by atoms with Crippen molar-refractivity contribution in [3.63, 3.8) is 0 Å². The fourth-order valence-electron chi connectivity index (χ4n) is 4.63. The number of sulfonamides is 1. The number of aromatic nitrogens is 2. The van der Waals surface area contributed by atoms with E-state index in [1.54, 1.807) is 24.3 Å². The Bertz CT molecular complexity index is 1340. The van der Waals surface area contributed by atoms with Crippen LogP contribution in [0, 0.1) is 0 Å². The minimum atomic E-state index is -3.76. The highest BCUT2D eigenvalue weighted by molar-refractivity contribution is 7.92. The fraction of sp³-hybridized carbons (Fsp3) is 0.370. The van der Waals surface area contributed by atoms with Gasteiger partial charge < -0.3 is 14.7 Å². The van der Waals surface area contributed by atoms with Crippen LogP contribution in [0.2, 0.25) is 5.02 Å². The van der Waals surface area contributed by atoms with Gasteiger partial charge in [0.15, 0.2) is 0 Å². The van der Waals surface area contributed by atoms with Crippen LogP contribution in [0.5, 0.6) is 0 Å². The molecule has 0 bridgehead atoms. The Labute approximate surface area is 229 Å². The number of nitrogens with zero attached hydrogens (tertiary/aromatic N) is 5. The predicted octanol–water partition coefficient (Wildman–Crippen LogP) is 4.06. The molecule has 1 aromatic heterocycles. The Kier molecular flexibility index (Phi) is 9.06. The summed E-state index contributed by atoms with van der Waals surface area (Å²) in [5.41, 5.74) is 3.16. The number of nitrogens with one attached hydrogen (secondary N) is 1. The van der Waals surface area contributed by atoms with Crippen molar-refractivity contribution in [2.45, 2.75) is 31.6 Å². The third-order valence-electron chi connectivity index (χ3n) is 6.67. The number of hydrogen-bond donors (Lipinski definition) is 1. The summed E-state index contributed by atoms with van der Waals surface area (Å²) in [7, 11) is -3.76. The Balaban J connectivity index is 1.37. The van der Waals surface area contributed by atoms with Crippen LogP contribution in [0.1, 0.15) is 25.8 Å². The van der Waals surface area contributed by atoms with Crippen molar-refractivity contribution in [2.75, 3.05) is 53.8 Å². The van der Waals surface area contributed by atoms with E-state index in [1.165, 1.54) is 24.2 Å². The van der Waals surface area contributed by atoms with Crippen LogP contribution < -0.4 is 14.5 Å². The molecule has 3 aromatic rings. The molecule has 0 saturated heterocycles. The predicted molar refractivity (Wildman–Crippen MR) is 151 cm³/mol. The van der Waals surface area contributed by atoms with Gasteiger partial charge in [0.05, 0.1) is 11.4 Å². The molecule has 38 heavy (non-hydrogen) atoms. The first-order valence-electron chi connectivity index (χ1n) is 12.8. The van der Waals surface area contributed by atoms with Gasteiger partial charge in [-0.15, -0.1) is 0 Å². The molecule has 1 aliphatic rings. The third-order valence-corrected chi connectivity index (χ3v) is 8.28. The van der Waals surface area contributed by atoms with E-state index < -0.39 is 10.0 Å². The first-order chi connectivity index (χ1) is 18.3. The zero-order chi connectivity index (χ0) is 27.1. The molecule has 1 N–H and O–H groups in total. The Morgan fingerprint density at radius 3 is 2.55 bits per heavy atom. The summed E-state index contributed by atoms with van der Waals surface area (Å²) in [6.45, 7) is 7.74. The average molecular weight is 557 g/mol. The summed E-state index contributed by atoms with van der Waals surface area (Å²) in [5.74, 6) is 0.295. The minimum Gasteiger partial charge on any atom is -0.370 e. The van der Waals surface area contributed by atoms with Gasteiger partial charge in [0.1, 0.15) is 12.1 Å². The quantitative estimate of drug-likeness (QED) is 0.380.